The van der Waals surface area contributed by atoms with Crippen LogP contribution in [0.25, 0.3) is 6.08 Å². The third kappa shape index (κ3) is 10.7. The topological polar surface area (TPSA) is 163 Å². The number of pyridine rings is 1. The lowest BCUT2D eigenvalue weighted by Crippen LogP contribution is -2.50. The van der Waals surface area contributed by atoms with Crippen LogP contribution in [-0.4, -0.2) is 79.5 Å². The first kappa shape index (κ1) is 38.7. The van der Waals surface area contributed by atoms with Crippen molar-refractivity contribution in [2.24, 2.45) is 5.92 Å². The highest BCUT2D eigenvalue weighted by Crippen LogP contribution is 2.38. The molecule has 2 aromatic heterocycles. The van der Waals surface area contributed by atoms with E-state index in [2.05, 4.69) is 20.1 Å². The van der Waals surface area contributed by atoms with E-state index in [9.17, 15) is 28.7 Å². The van der Waals surface area contributed by atoms with Gasteiger partial charge in [0.1, 0.15) is 16.5 Å². The maximum atomic E-state index is 15.9. The highest BCUT2D eigenvalue weighted by atomic mass is 33.1. The van der Waals surface area contributed by atoms with E-state index < -0.39 is 45.4 Å². The Morgan fingerprint density at radius 2 is 1.88 bits per heavy atom. The first-order valence-corrected chi connectivity index (χ1v) is 19.8. The van der Waals surface area contributed by atoms with Gasteiger partial charge in [0.25, 0.3) is 0 Å². The molecule has 2 aromatic rings. The molecule has 4 heterocycles. The zero-order valence-electron chi connectivity index (χ0n) is 27.6. The molecule has 1 unspecified atom stereocenters. The summed E-state index contributed by atoms with van der Waals surface area (Å²) in [6, 6.07) is 7.36. The SMILES string of the molecule is CC1=CC(CCC(=O)CC(COP(=O)(O)O)C(=O)NCCCCC(=O)NCCSSc2ccccn2)=[N+]2C1=Cc1c(C)cc(C)n1[B-]2(F)F. The molecule has 0 aromatic carbocycles. The Labute approximate surface area is 291 Å². The summed E-state index contributed by atoms with van der Waals surface area (Å²) in [6.07, 6.45) is 5.68. The van der Waals surface area contributed by atoms with E-state index in [1.54, 1.807) is 56.0 Å². The van der Waals surface area contributed by atoms with Crippen molar-refractivity contribution in [3.8, 4) is 0 Å². The monoisotopic (exact) mass is 739 g/mol. The number of rotatable bonds is 19. The second-order valence-corrected chi connectivity index (χ2v) is 15.6. The van der Waals surface area contributed by atoms with Crippen molar-refractivity contribution in [1.29, 1.82) is 0 Å². The number of phosphoric ester groups is 1. The Balaban J connectivity index is 1.23. The molecule has 49 heavy (non-hydrogen) atoms. The average molecular weight is 740 g/mol. The number of phosphoric acid groups is 1. The minimum absolute atomic E-state index is 0.0169. The van der Waals surface area contributed by atoms with E-state index in [-0.39, 0.29) is 37.4 Å². The fourth-order valence-corrected chi connectivity index (χ4v) is 7.96. The number of nitrogens with zero attached hydrogens (tertiary/aromatic N) is 3. The van der Waals surface area contributed by atoms with Crippen LogP contribution in [-0.2, 0) is 23.5 Å². The molecule has 266 valence electrons. The van der Waals surface area contributed by atoms with Gasteiger partial charge in [-0.05, 0) is 73.9 Å². The normalized spacial score (nSPS) is 15.7. The number of hydrogen-bond acceptors (Lipinski definition) is 8. The summed E-state index contributed by atoms with van der Waals surface area (Å²) in [5.41, 5.74) is 2.91. The van der Waals surface area contributed by atoms with E-state index >= 15 is 8.63 Å². The minimum atomic E-state index is -4.93. The maximum absolute atomic E-state index is 15.9. The summed E-state index contributed by atoms with van der Waals surface area (Å²) in [5, 5.41) is 6.37. The lowest BCUT2D eigenvalue weighted by atomic mass is 9.89. The fraction of sp³-hybridized carbons (Fsp3) is 0.452. The number of ketones is 1. The lowest BCUT2D eigenvalue weighted by molar-refractivity contribution is -0.363. The van der Waals surface area contributed by atoms with Crippen LogP contribution in [0.4, 0.5) is 8.63 Å². The van der Waals surface area contributed by atoms with Crippen molar-refractivity contribution < 1.29 is 46.4 Å². The summed E-state index contributed by atoms with van der Waals surface area (Å²) in [6.45, 7) is 0.901. The van der Waals surface area contributed by atoms with Gasteiger partial charge in [0.05, 0.1) is 12.5 Å². The molecule has 0 radical (unpaired) electrons. The number of unbranched alkanes of at least 4 members (excludes halogenated alkanes) is 1. The molecular weight excluding hydrogens is 698 g/mol. The number of halogens is 2. The number of Topliss-reactive ketones (excluding diaryl/α,β-unsaturated/α-hetero) is 1. The minimum Gasteiger partial charge on any atom is -0.394 e. The predicted octanol–water partition coefficient (Wildman–Crippen LogP) is 4.80. The Kier molecular flexibility index (Phi) is 13.6. The summed E-state index contributed by atoms with van der Waals surface area (Å²) in [7, 11) is -1.82. The number of hydrogen-bond donors (Lipinski definition) is 4. The number of amides is 2. The molecule has 1 atom stereocenters. The Bertz CT molecular complexity index is 1700. The third-order valence-corrected chi connectivity index (χ3v) is 10.8. The lowest BCUT2D eigenvalue weighted by Gasteiger charge is -2.31. The van der Waals surface area contributed by atoms with Crippen molar-refractivity contribution in [3.05, 3.63) is 64.8 Å². The van der Waals surface area contributed by atoms with Gasteiger partial charge in [-0.15, -0.1) is 0 Å². The fourth-order valence-electron chi connectivity index (χ4n) is 5.80. The van der Waals surface area contributed by atoms with Gasteiger partial charge in [0.15, 0.2) is 5.70 Å². The van der Waals surface area contributed by atoms with Crippen LogP contribution in [0.3, 0.4) is 0 Å². The number of nitrogens with one attached hydrogen (secondary N) is 2. The molecule has 0 aliphatic carbocycles. The molecule has 0 fully saturated rings. The van der Waals surface area contributed by atoms with Gasteiger partial charge in [-0.2, -0.15) is 0 Å². The quantitative estimate of drug-likeness (QED) is 0.0682. The van der Waals surface area contributed by atoms with E-state index in [1.165, 1.54) is 10.8 Å². The van der Waals surface area contributed by atoms with Crippen molar-refractivity contribution in [1.82, 2.24) is 20.1 Å². The van der Waals surface area contributed by atoms with Crippen LogP contribution < -0.4 is 10.6 Å². The van der Waals surface area contributed by atoms with Gasteiger partial charge >= 0.3 is 14.8 Å². The number of allylic oxidation sites excluding steroid dienone is 2. The van der Waals surface area contributed by atoms with Crippen molar-refractivity contribution in [2.75, 3.05) is 25.4 Å². The van der Waals surface area contributed by atoms with Crippen LogP contribution in [0.5, 0.6) is 0 Å². The number of carbonyl (C=O) groups is 3. The summed E-state index contributed by atoms with van der Waals surface area (Å²) in [4.78, 5) is 60.6. The van der Waals surface area contributed by atoms with Gasteiger partial charge < -0.3 is 38.0 Å². The molecular formula is C31H41BF2N5O7PS2. The average Bonchev–Trinajstić information content (AvgIpc) is 3.52. The number of aryl methyl sites for hydroxylation is 2. The Morgan fingerprint density at radius 3 is 2.59 bits per heavy atom. The number of carbonyl (C=O) groups excluding carboxylic acids is 3. The van der Waals surface area contributed by atoms with Crippen LogP contribution in [0.15, 0.2) is 52.8 Å². The van der Waals surface area contributed by atoms with Gasteiger partial charge in [-0.3, -0.25) is 18.9 Å². The molecule has 18 heteroatoms. The Hall–Kier alpha value is -3.08. The first-order valence-electron chi connectivity index (χ1n) is 15.9. The van der Waals surface area contributed by atoms with Gasteiger partial charge in [-0.25, -0.2) is 9.55 Å². The third-order valence-electron chi connectivity index (χ3n) is 8.09. The second-order valence-electron chi connectivity index (χ2n) is 11.9. The molecule has 2 aliphatic heterocycles. The molecule has 12 nitrogen and oxygen atoms in total. The van der Waals surface area contributed by atoms with Gasteiger partial charge in [0, 0.05) is 74.1 Å². The van der Waals surface area contributed by atoms with Crippen LogP contribution >= 0.6 is 29.4 Å². The van der Waals surface area contributed by atoms with E-state index in [1.807, 2.05) is 18.2 Å². The largest absolute Gasteiger partial charge is 0.737 e. The standard InChI is InChI=1S/C31H41BF2N5O7PS2/c1-21-16-23(3)38-27(21)19-28-22(2)17-25(39(28)32(38,33)34)10-11-26(40)18-24(20-46-47(43,44)45)31(42)37-13-6-4-8-29(41)35-14-15-48-49-30-9-5-7-12-36-30/h5,7,9,12,16-17,19,24H,4,6,8,10-11,13-15,18,20H2,1-3H3,(H,35,41)(H,37,42)(H2,43,44,45). The predicted molar refractivity (Wildman–Crippen MR) is 187 cm³/mol. The van der Waals surface area contributed by atoms with E-state index in [0.717, 1.165) is 19.6 Å². The van der Waals surface area contributed by atoms with Crippen molar-refractivity contribution in [3.63, 3.8) is 0 Å². The molecule has 4 rings (SSSR count). The highest BCUT2D eigenvalue weighted by molar-refractivity contribution is 8.76. The summed E-state index contributed by atoms with van der Waals surface area (Å²) < 4.78 is 49.6. The van der Waals surface area contributed by atoms with Crippen LogP contribution in [0.1, 0.15) is 62.4 Å². The zero-order valence-corrected chi connectivity index (χ0v) is 30.1. The van der Waals surface area contributed by atoms with Crippen LogP contribution in [0.2, 0.25) is 0 Å². The van der Waals surface area contributed by atoms with Gasteiger partial charge in [0.2, 0.25) is 11.8 Å². The summed E-state index contributed by atoms with van der Waals surface area (Å²) in [5.74, 6) is -1.71. The van der Waals surface area contributed by atoms with E-state index in [0.29, 0.717) is 47.8 Å². The molecule has 4 N–H and O–H groups in total. The first-order chi connectivity index (χ1) is 23.2. The van der Waals surface area contributed by atoms with E-state index in [4.69, 9.17) is 0 Å². The molecule has 2 aliphatic rings. The van der Waals surface area contributed by atoms with Gasteiger partial charge in [-0.1, -0.05) is 16.9 Å². The Morgan fingerprint density at radius 1 is 1.10 bits per heavy atom. The second kappa shape index (κ2) is 17.2. The molecule has 0 saturated carbocycles. The highest BCUT2D eigenvalue weighted by Gasteiger charge is 2.53. The number of fused-ring (bicyclic) bond motifs is 2. The molecule has 0 saturated heterocycles. The van der Waals surface area contributed by atoms with Crippen LogP contribution in [0, 0.1) is 19.8 Å². The molecule has 0 bridgehead atoms. The summed E-state index contributed by atoms with van der Waals surface area (Å²) >= 11 is 0. The molecule has 0 spiro atoms. The van der Waals surface area contributed by atoms with Crippen molar-refractivity contribution in [2.45, 2.75) is 64.3 Å². The molecule has 2 amide bonds. The number of aromatic nitrogens is 2. The zero-order chi connectivity index (χ0) is 35.8. The van der Waals surface area contributed by atoms with Crippen molar-refractivity contribution >= 4 is 65.8 Å². The smallest absolute Gasteiger partial charge is 0.394 e. The maximum Gasteiger partial charge on any atom is 0.737 e.